The number of hydrogen-bond acceptors (Lipinski definition) is 3. The molecule has 0 aliphatic carbocycles. The van der Waals surface area contributed by atoms with E-state index in [1.165, 1.54) is 12.1 Å². The molecule has 0 saturated carbocycles. The number of carbonyl (C=O) groups excluding carboxylic acids is 1. The average molecular weight is 358 g/mol. The van der Waals surface area contributed by atoms with Crippen molar-refractivity contribution >= 4 is 5.91 Å². The van der Waals surface area contributed by atoms with Gasteiger partial charge in [-0.15, -0.1) is 0 Å². The molecule has 0 radical (unpaired) electrons. The number of piperidine rings is 1. The van der Waals surface area contributed by atoms with E-state index in [4.69, 9.17) is 4.74 Å². The maximum absolute atomic E-state index is 12.5. The maximum Gasteiger partial charge on any atom is 0.416 e. The Hall–Kier alpha value is -1.76. The molecular weight excluding hydrogens is 333 g/mol. The Balaban J connectivity index is 1.74. The molecule has 1 heterocycles. The second-order valence-corrected chi connectivity index (χ2v) is 6.21. The van der Waals surface area contributed by atoms with Gasteiger partial charge in [0.2, 0.25) is 5.91 Å². The standard InChI is InChI=1S/C18H25F3N2O2/c1-2-11-23-12-4-3-5-16(23)17(24)22-10-13-25-15-8-6-14(7-9-15)18(19,20)21/h6-9,16H,2-5,10-13H2,1H3,(H,22,24). The Bertz CT molecular complexity index is 544. The fourth-order valence-electron chi connectivity index (χ4n) is 3.04. The van der Waals surface area contributed by atoms with Gasteiger partial charge in [0.25, 0.3) is 0 Å². The summed E-state index contributed by atoms with van der Waals surface area (Å²) in [6.07, 6.45) is -0.287. The molecule has 1 aliphatic heterocycles. The summed E-state index contributed by atoms with van der Waals surface area (Å²) in [5.41, 5.74) is -0.707. The largest absolute Gasteiger partial charge is 0.492 e. The highest BCUT2D eigenvalue weighted by Crippen LogP contribution is 2.30. The van der Waals surface area contributed by atoms with Crippen LogP contribution in [0.4, 0.5) is 13.2 Å². The number of likely N-dealkylation sites (tertiary alicyclic amines) is 1. The van der Waals surface area contributed by atoms with E-state index in [1.54, 1.807) is 0 Å². The number of halogens is 3. The molecule has 1 fully saturated rings. The number of carbonyl (C=O) groups is 1. The summed E-state index contributed by atoms with van der Waals surface area (Å²) in [4.78, 5) is 14.5. The molecule has 0 bridgehead atoms. The third-order valence-electron chi connectivity index (χ3n) is 4.28. The summed E-state index contributed by atoms with van der Waals surface area (Å²) in [5.74, 6) is 0.358. The summed E-state index contributed by atoms with van der Waals surface area (Å²) in [5, 5.41) is 2.86. The van der Waals surface area contributed by atoms with Crippen LogP contribution in [-0.4, -0.2) is 43.1 Å². The second-order valence-electron chi connectivity index (χ2n) is 6.21. The summed E-state index contributed by atoms with van der Waals surface area (Å²) < 4.78 is 42.8. The van der Waals surface area contributed by atoms with Crippen LogP contribution < -0.4 is 10.1 Å². The van der Waals surface area contributed by atoms with Crippen LogP contribution in [0.2, 0.25) is 0 Å². The predicted molar refractivity (Wildman–Crippen MR) is 89.5 cm³/mol. The van der Waals surface area contributed by atoms with Crippen LogP contribution >= 0.6 is 0 Å². The SMILES string of the molecule is CCCN1CCCCC1C(=O)NCCOc1ccc(C(F)(F)F)cc1. The minimum absolute atomic E-state index is 0.00386. The quantitative estimate of drug-likeness (QED) is 0.759. The third kappa shape index (κ3) is 5.92. The van der Waals surface area contributed by atoms with Crippen molar-refractivity contribution in [2.45, 2.75) is 44.8 Å². The van der Waals surface area contributed by atoms with Gasteiger partial charge in [0.1, 0.15) is 12.4 Å². The lowest BCUT2D eigenvalue weighted by molar-refractivity contribution is -0.137. The topological polar surface area (TPSA) is 41.6 Å². The fourth-order valence-corrected chi connectivity index (χ4v) is 3.04. The van der Waals surface area contributed by atoms with Crippen molar-refractivity contribution < 1.29 is 22.7 Å². The van der Waals surface area contributed by atoms with Crippen molar-refractivity contribution in [3.05, 3.63) is 29.8 Å². The molecule has 1 aromatic carbocycles. The number of rotatable bonds is 7. The summed E-state index contributed by atoms with van der Waals surface area (Å²) in [7, 11) is 0. The Kier molecular flexibility index (Phi) is 7.11. The van der Waals surface area contributed by atoms with Crippen molar-refractivity contribution in [3.63, 3.8) is 0 Å². The van der Waals surface area contributed by atoms with Crippen LogP contribution in [0.5, 0.6) is 5.75 Å². The predicted octanol–water partition coefficient (Wildman–Crippen LogP) is 3.46. The molecule has 1 N–H and O–H groups in total. The first-order chi connectivity index (χ1) is 11.9. The first kappa shape index (κ1) is 19.6. The van der Waals surface area contributed by atoms with Crippen LogP contribution in [0.25, 0.3) is 0 Å². The van der Waals surface area contributed by atoms with E-state index in [-0.39, 0.29) is 18.6 Å². The number of amides is 1. The summed E-state index contributed by atoms with van der Waals surface area (Å²) in [6.45, 7) is 4.52. The molecule has 1 unspecified atom stereocenters. The van der Waals surface area contributed by atoms with Gasteiger partial charge in [-0.05, 0) is 56.6 Å². The monoisotopic (exact) mass is 358 g/mol. The van der Waals surface area contributed by atoms with Gasteiger partial charge in [-0.3, -0.25) is 9.69 Å². The molecule has 1 aromatic rings. The summed E-state index contributed by atoms with van der Waals surface area (Å²) in [6, 6.07) is 4.46. The fraction of sp³-hybridized carbons (Fsp3) is 0.611. The van der Waals surface area contributed by atoms with Gasteiger partial charge in [-0.2, -0.15) is 13.2 Å². The second kappa shape index (κ2) is 9.08. The molecule has 1 saturated heterocycles. The Morgan fingerprint density at radius 2 is 2.00 bits per heavy atom. The van der Waals surface area contributed by atoms with Crippen molar-refractivity contribution in [2.75, 3.05) is 26.2 Å². The highest BCUT2D eigenvalue weighted by molar-refractivity contribution is 5.81. The zero-order chi connectivity index (χ0) is 18.3. The maximum atomic E-state index is 12.5. The molecule has 2 rings (SSSR count). The van der Waals surface area contributed by atoms with Crippen molar-refractivity contribution in [3.8, 4) is 5.75 Å². The van der Waals surface area contributed by atoms with E-state index in [1.807, 2.05) is 0 Å². The number of benzene rings is 1. The third-order valence-corrected chi connectivity index (χ3v) is 4.28. The highest BCUT2D eigenvalue weighted by Gasteiger charge is 2.30. The van der Waals surface area contributed by atoms with Crippen LogP contribution in [0, 0.1) is 0 Å². The first-order valence-electron chi connectivity index (χ1n) is 8.73. The van der Waals surface area contributed by atoms with Gasteiger partial charge in [0, 0.05) is 0 Å². The molecule has 7 heteroatoms. The van der Waals surface area contributed by atoms with Crippen molar-refractivity contribution in [2.24, 2.45) is 0 Å². The van der Waals surface area contributed by atoms with E-state index >= 15 is 0 Å². The molecule has 1 aliphatic rings. The van der Waals surface area contributed by atoms with Gasteiger partial charge >= 0.3 is 6.18 Å². The molecule has 4 nitrogen and oxygen atoms in total. The zero-order valence-electron chi connectivity index (χ0n) is 14.4. The highest BCUT2D eigenvalue weighted by atomic mass is 19.4. The molecule has 0 spiro atoms. The van der Waals surface area contributed by atoms with Crippen LogP contribution in [0.15, 0.2) is 24.3 Å². The average Bonchev–Trinajstić information content (AvgIpc) is 2.59. The van der Waals surface area contributed by atoms with E-state index in [2.05, 4.69) is 17.1 Å². The smallest absolute Gasteiger partial charge is 0.416 e. The molecule has 1 atom stereocenters. The minimum Gasteiger partial charge on any atom is -0.492 e. The molecule has 140 valence electrons. The van der Waals surface area contributed by atoms with E-state index < -0.39 is 11.7 Å². The normalized spacial score (nSPS) is 18.8. The number of alkyl halides is 3. The molecule has 25 heavy (non-hydrogen) atoms. The minimum atomic E-state index is -4.35. The first-order valence-corrected chi connectivity index (χ1v) is 8.73. The van der Waals surface area contributed by atoms with E-state index in [9.17, 15) is 18.0 Å². The van der Waals surface area contributed by atoms with E-state index in [0.29, 0.717) is 12.3 Å². The number of nitrogens with one attached hydrogen (secondary N) is 1. The molecular formula is C18H25F3N2O2. The van der Waals surface area contributed by atoms with Gasteiger partial charge in [0.05, 0.1) is 18.2 Å². The number of hydrogen-bond donors (Lipinski definition) is 1. The van der Waals surface area contributed by atoms with Crippen molar-refractivity contribution in [1.29, 1.82) is 0 Å². The molecule has 0 aromatic heterocycles. The van der Waals surface area contributed by atoms with Gasteiger partial charge < -0.3 is 10.1 Å². The lowest BCUT2D eigenvalue weighted by Crippen LogP contribution is -2.50. The van der Waals surface area contributed by atoms with Gasteiger partial charge in [0.15, 0.2) is 0 Å². The Morgan fingerprint density at radius 1 is 1.28 bits per heavy atom. The molecule has 1 amide bonds. The lowest BCUT2D eigenvalue weighted by Gasteiger charge is -2.34. The number of nitrogens with zero attached hydrogens (tertiary/aromatic N) is 1. The zero-order valence-corrected chi connectivity index (χ0v) is 14.4. The number of ether oxygens (including phenoxy) is 1. The lowest BCUT2D eigenvalue weighted by atomic mass is 10.0. The van der Waals surface area contributed by atoms with Crippen LogP contribution in [0.3, 0.4) is 0 Å². The Labute approximate surface area is 146 Å². The van der Waals surface area contributed by atoms with Gasteiger partial charge in [-0.1, -0.05) is 13.3 Å². The summed E-state index contributed by atoms with van der Waals surface area (Å²) >= 11 is 0. The van der Waals surface area contributed by atoms with Gasteiger partial charge in [-0.25, -0.2) is 0 Å². The van der Waals surface area contributed by atoms with E-state index in [0.717, 1.165) is 50.9 Å². The van der Waals surface area contributed by atoms with Crippen molar-refractivity contribution in [1.82, 2.24) is 10.2 Å². The van der Waals surface area contributed by atoms with Crippen LogP contribution in [-0.2, 0) is 11.0 Å². The van der Waals surface area contributed by atoms with Crippen LogP contribution in [0.1, 0.15) is 38.2 Å². The Morgan fingerprint density at radius 3 is 2.64 bits per heavy atom.